The van der Waals surface area contributed by atoms with Crippen LogP contribution in [0.4, 0.5) is 5.69 Å². The van der Waals surface area contributed by atoms with Crippen LogP contribution >= 0.6 is 0 Å². The third-order valence-electron chi connectivity index (χ3n) is 4.75. The number of ether oxygens (including phenoxy) is 1. The molecule has 134 valence electrons. The smallest absolute Gasteiger partial charge is 0.254 e. The van der Waals surface area contributed by atoms with Gasteiger partial charge in [-0.15, -0.1) is 0 Å². The van der Waals surface area contributed by atoms with Crippen molar-refractivity contribution in [1.82, 2.24) is 15.5 Å². The highest BCUT2D eigenvalue weighted by Gasteiger charge is 2.24. The van der Waals surface area contributed by atoms with E-state index in [1.54, 1.807) is 13.3 Å². The van der Waals surface area contributed by atoms with E-state index in [0.29, 0.717) is 18.0 Å². The van der Waals surface area contributed by atoms with Gasteiger partial charge in [-0.2, -0.15) is 5.10 Å². The van der Waals surface area contributed by atoms with E-state index in [1.165, 1.54) is 5.69 Å². The van der Waals surface area contributed by atoms with Crippen LogP contribution in [0.5, 0.6) is 5.75 Å². The van der Waals surface area contributed by atoms with Gasteiger partial charge in [-0.25, -0.2) is 0 Å². The first-order valence-corrected chi connectivity index (χ1v) is 8.79. The van der Waals surface area contributed by atoms with E-state index in [9.17, 15) is 4.79 Å². The second kappa shape index (κ2) is 7.59. The maximum atomic E-state index is 12.4. The summed E-state index contributed by atoms with van der Waals surface area (Å²) in [6.07, 6.45) is 2.68. The molecule has 1 aliphatic rings. The van der Waals surface area contributed by atoms with Crippen molar-refractivity contribution in [3.63, 3.8) is 0 Å². The first-order chi connectivity index (χ1) is 12.1. The summed E-state index contributed by atoms with van der Waals surface area (Å²) in [4.78, 5) is 14.8. The van der Waals surface area contributed by atoms with Gasteiger partial charge in [0.15, 0.2) is 0 Å². The quantitative estimate of drug-likeness (QED) is 0.847. The number of rotatable bonds is 6. The van der Waals surface area contributed by atoms with Crippen molar-refractivity contribution >= 4 is 11.6 Å². The minimum atomic E-state index is -0.0442. The second-order valence-electron chi connectivity index (χ2n) is 6.86. The molecule has 0 aliphatic carbocycles. The zero-order valence-electron chi connectivity index (χ0n) is 15.1. The Hall–Kier alpha value is -2.50. The number of nitrogens with zero attached hydrogens (tertiary/aromatic N) is 2. The number of hydrogen-bond acceptors (Lipinski definition) is 4. The lowest BCUT2D eigenvalue weighted by Crippen LogP contribution is -2.31. The Morgan fingerprint density at radius 3 is 3.08 bits per heavy atom. The maximum absolute atomic E-state index is 12.4. The van der Waals surface area contributed by atoms with Crippen LogP contribution < -0.4 is 15.0 Å². The van der Waals surface area contributed by atoms with Crippen LogP contribution in [-0.2, 0) is 0 Å². The molecule has 0 spiro atoms. The Morgan fingerprint density at radius 1 is 1.48 bits per heavy atom. The zero-order valence-corrected chi connectivity index (χ0v) is 15.1. The maximum Gasteiger partial charge on any atom is 0.254 e. The first kappa shape index (κ1) is 17.3. The summed E-state index contributed by atoms with van der Waals surface area (Å²) >= 11 is 0. The van der Waals surface area contributed by atoms with Crippen molar-refractivity contribution in [3.8, 4) is 5.75 Å². The lowest BCUT2D eigenvalue weighted by atomic mass is 10.1. The third-order valence-corrected chi connectivity index (χ3v) is 4.75. The van der Waals surface area contributed by atoms with Crippen molar-refractivity contribution in [2.75, 3.05) is 31.6 Å². The topological polar surface area (TPSA) is 70.2 Å². The average molecular weight is 342 g/mol. The van der Waals surface area contributed by atoms with E-state index in [1.807, 2.05) is 26.0 Å². The molecule has 1 aromatic heterocycles. The van der Waals surface area contributed by atoms with Gasteiger partial charge >= 0.3 is 0 Å². The molecule has 2 aromatic rings. The lowest BCUT2D eigenvalue weighted by molar-refractivity contribution is 0.0947. The van der Waals surface area contributed by atoms with E-state index in [-0.39, 0.29) is 11.8 Å². The van der Waals surface area contributed by atoms with Gasteiger partial charge in [0.05, 0.1) is 24.6 Å². The number of nitrogens with one attached hydrogen (secondary N) is 2. The molecule has 0 saturated carbocycles. The highest BCUT2D eigenvalue weighted by molar-refractivity contribution is 5.95. The molecule has 3 rings (SSSR count). The second-order valence-corrected chi connectivity index (χ2v) is 6.86. The Labute approximate surface area is 148 Å². The van der Waals surface area contributed by atoms with E-state index in [4.69, 9.17) is 4.74 Å². The fourth-order valence-corrected chi connectivity index (χ4v) is 3.29. The van der Waals surface area contributed by atoms with Crippen molar-refractivity contribution in [2.45, 2.75) is 26.2 Å². The van der Waals surface area contributed by atoms with E-state index >= 15 is 0 Å². The molecule has 0 unspecified atom stereocenters. The van der Waals surface area contributed by atoms with Crippen LogP contribution in [-0.4, -0.2) is 42.8 Å². The number of anilines is 1. The molecule has 1 aliphatic heterocycles. The monoisotopic (exact) mass is 342 g/mol. The normalized spacial score (nSPS) is 17.1. The van der Waals surface area contributed by atoms with E-state index in [2.05, 4.69) is 32.5 Å². The molecule has 1 fully saturated rings. The Bertz CT molecular complexity index is 726. The largest absolute Gasteiger partial charge is 0.497 e. The number of aromatic nitrogens is 2. The highest BCUT2D eigenvalue weighted by Crippen LogP contribution is 2.26. The molecule has 6 heteroatoms. The number of benzene rings is 1. The van der Waals surface area contributed by atoms with Gasteiger partial charge in [0.1, 0.15) is 5.75 Å². The average Bonchev–Trinajstić information content (AvgIpc) is 3.29. The minimum Gasteiger partial charge on any atom is -0.497 e. The molecule has 2 N–H and O–H groups in total. The lowest BCUT2D eigenvalue weighted by Gasteiger charge is -2.19. The molecule has 25 heavy (non-hydrogen) atoms. The van der Waals surface area contributed by atoms with Crippen molar-refractivity contribution in [1.29, 1.82) is 0 Å². The first-order valence-electron chi connectivity index (χ1n) is 8.79. The predicted molar refractivity (Wildman–Crippen MR) is 98.3 cm³/mol. The zero-order chi connectivity index (χ0) is 17.8. The molecular weight excluding hydrogens is 316 g/mol. The number of H-pyrrole nitrogens is 1. The van der Waals surface area contributed by atoms with Crippen molar-refractivity contribution < 1.29 is 9.53 Å². The summed E-state index contributed by atoms with van der Waals surface area (Å²) in [6, 6.07) is 8.12. The highest BCUT2D eigenvalue weighted by atomic mass is 16.5. The number of methoxy groups -OCH3 is 1. The molecule has 2 heterocycles. The Balaban J connectivity index is 1.55. The summed E-state index contributed by atoms with van der Waals surface area (Å²) in [5.74, 6) is 1.52. The van der Waals surface area contributed by atoms with Gasteiger partial charge in [-0.05, 0) is 30.4 Å². The number of carbonyl (C=O) groups excluding carboxylic acids is 1. The van der Waals surface area contributed by atoms with Gasteiger partial charge in [-0.3, -0.25) is 9.89 Å². The fraction of sp³-hybridized carbons (Fsp3) is 0.474. The van der Waals surface area contributed by atoms with Crippen LogP contribution in [0.15, 0.2) is 30.5 Å². The standard InChI is InChI=1S/C19H26N4O2/c1-13(2)18-17(11-21-22-18)19(24)20-10-14-7-8-23(12-14)15-5-4-6-16(9-15)25-3/h4-6,9,11,13-14H,7-8,10,12H2,1-3H3,(H,20,24)(H,21,22)/t14-/m0/s1. The van der Waals surface area contributed by atoms with E-state index in [0.717, 1.165) is 31.0 Å². The molecule has 1 amide bonds. The number of hydrogen-bond donors (Lipinski definition) is 2. The van der Waals surface area contributed by atoms with Gasteiger partial charge in [0, 0.05) is 31.4 Å². The summed E-state index contributed by atoms with van der Waals surface area (Å²) in [5, 5.41) is 10.00. The molecule has 1 aromatic carbocycles. The van der Waals surface area contributed by atoms with Crippen LogP contribution in [0.25, 0.3) is 0 Å². The summed E-state index contributed by atoms with van der Waals surface area (Å²) in [7, 11) is 1.68. The van der Waals surface area contributed by atoms with Crippen LogP contribution in [0.3, 0.4) is 0 Å². The minimum absolute atomic E-state index is 0.0442. The molecular formula is C19H26N4O2. The number of amides is 1. The van der Waals surface area contributed by atoms with Crippen LogP contribution in [0, 0.1) is 5.92 Å². The summed E-state index contributed by atoms with van der Waals surface area (Å²) in [6.45, 7) is 6.72. The summed E-state index contributed by atoms with van der Waals surface area (Å²) < 4.78 is 5.30. The van der Waals surface area contributed by atoms with Crippen LogP contribution in [0.2, 0.25) is 0 Å². The van der Waals surface area contributed by atoms with Gasteiger partial charge in [0.2, 0.25) is 0 Å². The van der Waals surface area contributed by atoms with Gasteiger partial charge in [0.25, 0.3) is 5.91 Å². The molecule has 0 radical (unpaired) electrons. The number of aromatic amines is 1. The van der Waals surface area contributed by atoms with Gasteiger partial charge in [-0.1, -0.05) is 19.9 Å². The Morgan fingerprint density at radius 2 is 2.32 bits per heavy atom. The van der Waals surface area contributed by atoms with Crippen molar-refractivity contribution in [3.05, 3.63) is 41.7 Å². The molecule has 6 nitrogen and oxygen atoms in total. The third kappa shape index (κ3) is 3.95. The van der Waals surface area contributed by atoms with Gasteiger partial charge < -0.3 is 15.0 Å². The van der Waals surface area contributed by atoms with Crippen molar-refractivity contribution in [2.24, 2.45) is 5.92 Å². The fourth-order valence-electron chi connectivity index (χ4n) is 3.29. The van der Waals surface area contributed by atoms with Crippen LogP contribution in [0.1, 0.15) is 42.2 Å². The Kier molecular flexibility index (Phi) is 5.26. The molecule has 1 atom stereocenters. The van der Waals surface area contributed by atoms with E-state index < -0.39 is 0 Å². The predicted octanol–water partition coefficient (Wildman–Crippen LogP) is 2.80. The SMILES string of the molecule is COc1cccc(N2CC[C@@H](CNC(=O)c3cn[nH]c3C(C)C)C2)c1. The molecule has 0 bridgehead atoms. The number of carbonyl (C=O) groups is 1. The summed E-state index contributed by atoms with van der Waals surface area (Å²) in [5.41, 5.74) is 2.71. The molecule has 1 saturated heterocycles.